The van der Waals surface area contributed by atoms with Crippen LogP contribution in [-0.4, -0.2) is 150 Å². The van der Waals surface area contributed by atoms with Gasteiger partial charge >= 0.3 is 5.97 Å². The maximum Gasteiger partial charge on any atom is 0.335 e. The Morgan fingerprint density at radius 3 is 2.21 bits per heavy atom. The Morgan fingerprint density at radius 1 is 1.03 bits per heavy atom. The number of hydrogen-bond donors (Lipinski definition) is 11. The number of aldehydes is 1. The van der Waals surface area contributed by atoms with Gasteiger partial charge in [0, 0.05) is 5.92 Å². The first-order valence-electron chi connectivity index (χ1n) is 11.6. The number of fused-ring (bicyclic) bond motifs is 1. The van der Waals surface area contributed by atoms with Crippen molar-refractivity contribution in [2.45, 2.75) is 67.8 Å². The fourth-order valence-corrected chi connectivity index (χ4v) is 4.24. The topological polar surface area (TPSA) is 284 Å². The van der Waals surface area contributed by atoms with Crippen LogP contribution in [0.25, 0.3) is 0 Å². The Bertz CT molecular complexity index is 845. The molecular formula is C22H34O16. The minimum atomic E-state index is -1.79. The van der Waals surface area contributed by atoms with Gasteiger partial charge in [0.15, 0.2) is 12.6 Å². The van der Waals surface area contributed by atoms with Crippen molar-refractivity contribution in [3.8, 4) is 0 Å². The van der Waals surface area contributed by atoms with Crippen molar-refractivity contribution < 1.29 is 80.0 Å². The summed E-state index contributed by atoms with van der Waals surface area (Å²) in [5.74, 6) is -2.22. The highest BCUT2D eigenvalue weighted by Gasteiger charge is 2.49. The molecule has 0 radical (unpaired) electrons. The molecule has 3 aliphatic rings. The first-order valence-corrected chi connectivity index (χ1v) is 11.6. The first-order chi connectivity index (χ1) is 17.9. The van der Waals surface area contributed by atoms with Crippen molar-refractivity contribution in [1.82, 2.24) is 0 Å². The quantitative estimate of drug-likeness (QED) is 0.0886. The molecule has 0 aromatic carbocycles. The van der Waals surface area contributed by atoms with Gasteiger partial charge in [0.1, 0.15) is 48.8 Å². The van der Waals surface area contributed by atoms with Crippen LogP contribution in [0.4, 0.5) is 0 Å². The van der Waals surface area contributed by atoms with Crippen molar-refractivity contribution >= 4 is 12.3 Å². The van der Waals surface area contributed by atoms with Crippen molar-refractivity contribution in [2.24, 2.45) is 11.8 Å². The van der Waals surface area contributed by atoms with Crippen LogP contribution in [-0.2, 0) is 23.8 Å². The van der Waals surface area contributed by atoms with E-state index in [0.29, 0.717) is 12.0 Å². The highest BCUT2D eigenvalue weighted by atomic mass is 16.8. The summed E-state index contributed by atoms with van der Waals surface area (Å²) in [5, 5.41) is 101. The molecule has 218 valence electrons. The second-order valence-corrected chi connectivity index (χ2v) is 8.88. The van der Waals surface area contributed by atoms with Gasteiger partial charge in [-0.3, -0.25) is 0 Å². The van der Waals surface area contributed by atoms with Gasteiger partial charge in [-0.15, -0.1) is 0 Å². The van der Waals surface area contributed by atoms with E-state index in [1.807, 2.05) is 0 Å². The number of aliphatic hydroxyl groups is 10. The average molecular weight is 554 g/mol. The molecule has 1 saturated heterocycles. The van der Waals surface area contributed by atoms with Gasteiger partial charge in [0.05, 0.1) is 37.6 Å². The molecule has 0 aromatic rings. The van der Waals surface area contributed by atoms with E-state index in [4.69, 9.17) is 39.7 Å². The van der Waals surface area contributed by atoms with Crippen LogP contribution in [0.1, 0.15) is 6.42 Å². The summed E-state index contributed by atoms with van der Waals surface area (Å²) in [6.07, 6.45) is -12.1. The number of carboxylic acids is 1. The molecule has 0 amide bonds. The van der Waals surface area contributed by atoms with E-state index in [9.17, 15) is 40.2 Å². The minimum Gasteiger partial charge on any atom is -0.478 e. The van der Waals surface area contributed by atoms with Crippen LogP contribution in [0.3, 0.4) is 0 Å². The maximum absolute atomic E-state index is 11.4. The number of aliphatic carboxylic acids is 1. The van der Waals surface area contributed by atoms with Gasteiger partial charge in [-0.25, -0.2) is 4.79 Å². The van der Waals surface area contributed by atoms with Gasteiger partial charge in [0.2, 0.25) is 6.29 Å². The molecule has 0 aromatic heterocycles. The van der Waals surface area contributed by atoms with Crippen molar-refractivity contribution in [3.05, 3.63) is 23.5 Å². The molecular weight excluding hydrogens is 520 g/mol. The number of rotatable bonds is 10. The van der Waals surface area contributed by atoms with Crippen LogP contribution in [0.2, 0.25) is 0 Å². The van der Waals surface area contributed by atoms with E-state index in [2.05, 4.69) is 0 Å². The lowest BCUT2D eigenvalue weighted by atomic mass is 9.83. The molecule has 16 heteroatoms. The van der Waals surface area contributed by atoms with Gasteiger partial charge in [0.25, 0.3) is 0 Å². The van der Waals surface area contributed by atoms with Crippen LogP contribution in [0.15, 0.2) is 23.5 Å². The number of carbonyl (C=O) groups is 2. The Balaban J connectivity index is 0.000000358. The van der Waals surface area contributed by atoms with Crippen molar-refractivity contribution in [1.29, 1.82) is 0 Å². The molecule has 0 unspecified atom stereocenters. The normalized spacial score (nSPS) is 35.7. The molecule has 16 nitrogen and oxygen atoms in total. The summed E-state index contributed by atoms with van der Waals surface area (Å²) < 4.78 is 16.3. The molecule has 0 bridgehead atoms. The highest BCUT2D eigenvalue weighted by molar-refractivity contribution is 5.87. The zero-order valence-corrected chi connectivity index (χ0v) is 19.9. The molecule has 2 aliphatic heterocycles. The summed E-state index contributed by atoms with van der Waals surface area (Å²) in [6.45, 7) is -1.68. The molecule has 0 spiro atoms. The third kappa shape index (κ3) is 7.12. The molecule has 2 heterocycles. The molecule has 0 saturated carbocycles. The number of carbonyl (C=O) groups excluding carboxylic acids is 1. The van der Waals surface area contributed by atoms with Crippen LogP contribution < -0.4 is 0 Å². The SMILES string of the molecule is O=C(O)C1=CO[C@@H](O[C@@H]2O[C@H](CO)[C@@H](O)[C@H](O)[C@H]2O)[C@@H]2C(CO)=CC[C@H]12.O=C[C@H](O)[C@@H](O)[C@H](O)[C@H](O)CO. The number of allylic oxidation sites excluding steroid dienone is 1. The van der Waals surface area contributed by atoms with E-state index in [0.717, 1.165) is 6.26 Å². The van der Waals surface area contributed by atoms with E-state index in [-0.39, 0.29) is 18.5 Å². The number of hydrogen-bond acceptors (Lipinski definition) is 15. The Labute approximate surface area is 215 Å². The average Bonchev–Trinajstić information content (AvgIpc) is 3.36. The number of aliphatic hydroxyl groups excluding tert-OH is 10. The van der Waals surface area contributed by atoms with Gasteiger partial charge in [-0.1, -0.05) is 6.08 Å². The number of carboxylic acid groups (broad SMARTS) is 1. The fraction of sp³-hybridized carbons (Fsp3) is 0.727. The lowest BCUT2D eigenvalue weighted by Crippen LogP contribution is -2.60. The Hall–Kier alpha value is -2.06. The highest BCUT2D eigenvalue weighted by Crippen LogP contribution is 2.44. The summed E-state index contributed by atoms with van der Waals surface area (Å²) in [4.78, 5) is 21.3. The summed E-state index contributed by atoms with van der Waals surface area (Å²) >= 11 is 0. The van der Waals surface area contributed by atoms with E-state index in [1.165, 1.54) is 0 Å². The van der Waals surface area contributed by atoms with Gasteiger partial charge in [-0.2, -0.15) is 0 Å². The number of ether oxygens (including phenoxy) is 3. The van der Waals surface area contributed by atoms with Gasteiger partial charge in [-0.05, 0) is 12.0 Å². The molecule has 11 N–H and O–H groups in total. The maximum atomic E-state index is 11.4. The van der Waals surface area contributed by atoms with Crippen molar-refractivity contribution in [3.63, 3.8) is 0 Å². The second kappa shape index (κ2) is 14.4. The lowest BCUT2D eigenvalue weighted by molar-refractivity contribution is -0.339. The fourth-order valence-electron chi connectivity index (χ4n) is 4.24. The Kier molecular flexibility index (Phi) is 12.2. The molecule has 12 atom stereocenters. The predicted octanol–water partition coefficient (Wildman–Crippen LogP) is -5.70. The largest absolute Gasteiger partial charge is 0.478 e. The molecule has 1 aliphatic carbocycles. The molecule has 1 fully saturated rings. The summed E-state index contributed by atoms with van der Waals surface area (Å²) in [7, 11) is 0. The molecule has 3 rings (SSSR count). The third-order valence-corrected chi connectivity index (χ3v) is 6.48. The smallest absolute Gasteiger partial charge is 0.335 e. The van der Waals surface area contributed by atoms with Crippen LogP contribution >= 0.6 is 0 Å². The standard InChI is InChI=1S/C16H22O10.C6H12O6/c17-3-6-1-2-7-8(14(22)23)5-24-15(10(6)7)26-16-13(21)12(20)11(19)9(4-18)25-16;7-1-3(9)5(11)6(12)4(10)2-8/h1,5,7,9-13,15-21H,2-4H2,(H,22,23);1,3-6,8-12H,2H2/t7-,9-,10-,11-,12+,13-,15+,16+;3-,4+,5+,6+/m10/s1. The monoisotopic (exact) mass is 554 g/mol. The van der Waals surface area contributed by atoms with Gasteiger partial charge < -0.3 is 75.2 Å². The zero-order valence-electron chi connectivity index (χ0n) is 19.9. The first kappa shape index (κ1) is 32.2. The lowest BCUT2D eigenvalue weighted by Gasteiger charge is -2.42. The summed E-state index contributed by atoms with van der Waals surface area (Å²) in [5.41, 5.74) is 0.583. The van der Waals surface area contributed by atoms with Crippen LogP contribution in [0.5, 0.6) is 0 Å². The Morgan fingerprint density at radius 2 is 1.68 bits per heavy atom. The predicted molar refractivity (Wildman–Crippen MR) is 119 cm³/mol. The minimum absolute atomic E-state index is 0.0258. The third-order valence-electron chi connectivity index (χ3n) is 6.48. The van der Waals surface area contributed by atoms with E-state index >= 15 is 0 Å². The molecule has 38 heavy (non-hydrogen) atoms. The second-order valence-electron chi connectivity index (χ2n) is 8.88. The zero-order chi connectivity index (χ0) is 28.7. The summed E-state index contributed by atoms with van der Waals surface area (Å²) in [6, 6.07) is 0. The van der Waals surface area contributed by atoms with E-state index < -0.39 is 92.4 Å². The van der Waals surface area contributed by atoms with E-state index in [1.54, 1.807) is 6.08 Å². The van der Waals surface area contributed by atoms with Crippen molar-refractivity contribution in [2.75, 3.05) is 19.8 Å². The van der Waals surface area contributed by atoms with Crippen LogP contribution in [0, 0.1) is 11.8 Å².